The molecule has 0 atom stereocenters. The summed E-state index contributed by atoms with van der Waals surface area (Å²) in [4.78, 5) is 18.1. The standard InChI is InChI=1S/C17H22N2O3/c1-3-19(11-12-20)16(21)10-9-15-18-13(2)17(22-15)14-7-5-4-6-8-14/h4-8,20H,3,9-12H2,1-2H3. The van der Waals surface area contributed by atoms with E-state index in [1.54, 1.807) is 4.90 Å². The van der Waals surface area contributed by atoms with E-state index in [9.17, 15) is 4.79 Å². The van der Waals surface area contributed by atoms with Gasteiger partial charge in [-0.25, -0.2) is 4.98 Å². The van der Waals surface area contributed by atoms with Gasteiger partial charge in [-0.3, -0.25) is 4.79 Å². The number of carbonyl (C=O) groups is 1. The van der Waals surface area contributed by atoms with Crippen LogP contribution in [-0.4, -0.2) is 40.6 Å². The number of oxazole rings is 1. The third-order valence-electron chi connectivity index (χ3n) is 3.53. The first kappa shape index (κ1) is 16.2. The number of benzene rings is 1. The van der Waals surface area contributed by atoms with Crippen molar-refractivity contribution in [2.24, 2.45) is 0 Å². The van der Waals surface area contributed by atoms with Crippen molar-refractivity contribution in [3.05, 3.63) is 41.9 Å². The number of nitrogens with zero attached hydrogens (tertiary/aromatic N) is 2. The fourth-order valence-corrected chi connectivity index (χ4v) is 2.37. The van der Waals surface area contributed by atoms with Gasteiger partial charge in [0.1, 0.15) is 0 Å². The third kappa shape index (κ3) is 3.95. The number of aliphatic hydroxyl groups excluding tert-OH is 1. The van der Waals surface area contributed by atoms with Crippen molar-refractivity contribution >= 4 is 5.91 Å². The summed E-state index contributed by atoms with van der Waals surface area (Å²) in [5, 5.41) is 8.94. The number of aromatic nitrogens is 1. The summed E-state index contributed by atoms with van der Waals surface area (Å²) in [6.45, 7) is 4.75. The quantitative estimate of drug-likeness (QED) is 0.853. The molecular weight excluding hydrogens is 280 g/mol. The summed E-state index contributed by atoms with van der Waals surface area (Å²) >= 11 is 0. The molecule has 1 amide bonds. The molecule has 0 bridgehead atoms. The lowest BCUT2D eigenvalue weighted by atomic mass is 10.1. The maximum atomic E-state index is 12.0. The lowest BCUT2D eigenvalue weighted by molar-refractivity contribution is -0.131. The Morgan fingerprint density at radius 2 is 2.05 bits per heavy atom. The smallest absolute Gasteiger partial charge is 0.223 e. The van der Waals surface area contributed by atoms with Gasteiger partial charge in [-0.1, -0.05) is 30.3 Å². The van der Waals surface area contributed by atoms with Crippen molar-refractivity contribution in [2.75, 3.05) is 19.7 Å². The number of rotatable bonds is 7. The summed E-state index contributed by atoms with van der Waals surface area (Å²) in [7, 11) is 0. The molecule has 1 aromatic carbocycles. The zero-order valence-electron chi connectivity index (χ0n) is 13.1. The van der Waals surface area contributed by atoms with E-state index in [0.717, 1.165) is 17.0 Å². The van der Waals surface area contributed by atoms with E-state index in [-0.39, 0.29) is 12.5 Å². The number of aliphatic hydroxyl groups is 1. The molecule has 22 heavy (non-hydrogen) atoms. The van der Waals surface area contributed by atoms with Crippen molar-refractivity contribution in [1.82, 2.24) is 9.88 Å². The van der Waals surface area contributed by atoms with Gasteiger partial charge >= 0.3 is 0 Å². The van der Waals surface area contributed by atoms with E-state index < -0.39 is 0 Å². The molecule has 0 radical (unpaired) electrons. The number of aryl methyl sites for hydroxylation is 2. The molecule has 1 heterocycles. The molecule has 118 valence electrons. The van der Waals surface area contributed by atoms with Crippen LogP contribution in [-0.2, 0) is 11.2 Å². The van der Waals surface area contributed by atoms with E-state index in [0.29, 0.717) is 31.8 Å². The molecule has 0 saturated carbocycles. The summed E-state index contributed by atoms with van der Waals surface area (Å²) < 4.78 is 5.79. The van der Waals surface area contributed by atoms with Crippen LogP contribution in [0.2, 0.25) is 0 Å². The molecule has 1 aromatic heterocycles. The average Bonchev–Trinajstić information content (AvgIpc) is 2.92. The van der Waals surface area contributed by atoms with Gasteiger partial charge in [0.2, 0.25) is 5.91 Å². The molecule has 0 aliphatic carbocycles. The molecule has 0 aliphatic heterocycles. The van der Waals surface area contributed by atoms with Gasteiger partial charge in [0, 0.05) is 31.5 Å². The number of carbonyl (C=O) groups excluding carboxylic acids is 1. The fraction of sp³-hybridized carbons (Fsp3) is 0.412. The van der Waals surface area contributed by atoms with Crippen molar-refractivity contribution in [3.8, 4) is 11.3 Å². The summed E-state index contributed by atoms with van der Waals surface area (Å²) in [6.07, 6.45) is 0.802. The Hall–Kier alpha value is -2.14. The van der Waals surface area contributed by atoms with Crippen molar-refractivity contribution in [3.63, 3.8) is 0 Å². The van der Waals surface area contributed by atoms with Gasteiger partial charge in [-0.2, -0.15) is 0 Å². The Morgan fingerprint density at radius 1 is 1.32 bits per heavy atom. The second kappa shape index (κ2) is 7.75. The van der Waals surface area contributed by atoms with Crippen LogP contribution in [0.25, 0.3) is 11.3 Å². The highest BCUT2D eigenvalue weighted by molar-refractivity contribution is 5.76. The summed E-state index contributed by atoms with van der Waals surface area (Å²) in [6, 6.07) is 9.81. The van der Waals surface area contributed by atoms with E-state index in [4.69, 9.17) is 9.52 Å². The van der Waals surface area contributed by atoms with E-state index in [1.807, 2.05) is 44.2 Å². The molecule has 0 spiro atoms. The van der Waals surface area contributed by atoms with E-state index in [2.05, 4.69) is 4.98 Å². The highest BCUT2D eigenvalue weighted by atomic mass is 16.4. The number of hydrogen-bond donors (Lipinski definition) is 1. The molecular formula is C17H22N2O3. The molecule has 5 heteroatoms. The maximum absolute atomic E-state index is 12.0. The van der Waals surface area contributed by atoms with Gasteiger partial charge in [0.25, 0.3) is 0 Å². The summed E-state index contributed by atoms with van der Waals surface area (Å²) in [5.74, 6) is 1.34. The lowest BCUT2D eigenvalue weighted by Gasteiger charge is -2.19. The van der Waals surface area contributed by atoms with E-state index in [1.165, 1.54) is 0 Å². The van der Waals surface area contributed by atoms with Crippen molar-refractivity contribution < 1.29 is 14.3 Å². The first-order valence-electron chi connectivity index (χ1n) is 7.56. The van der Waals surface area contributed by atoms with Crippen LogP contribution in [0.4, 0.5) is 0 Å². The van der Waals surface area contributed by atoms with Crippen LogP contribution in [0, 0.1) is 6.92 Å². The largest absolute Gasteiger partial charge is 0.440 e. The fourth-order valence-electron chi connectivity index (χ4n) is 2.37. The predicted molar refractivity (Wildman–Crippen MR) is 84.3 cm³/mol. The van der Waals surface area contributed by atoms with Crippen LogP contribution in [0.5, 0.6) is 0 Å². The van der Waals surface area contributed by atoms with Gasteiger partial charge < -0.3 is 14.4 Å². The van der Waals surface area contributed by atoms with Gasteiger partial charge in [0.05, 0.1) is 12.3 Å². The number of likely N-dealkylation sites (N-methyl/N-ethyl adjacent to an activating group) is 1. The van der Waals surface area contributed by atoms with Crippen LogP contribution in [0.15, 0.2) is 34.7 Å². The minimum Gasteiger partial charge on any atom is -0.440 e. The minimum absolute atomic E-state index is 0.00802. The van der Waals surface area contributed by atoms with Crippen molar-refractivity contribution in [1.29, 1.82) is 0 Å². The Bertz CT molecular complexity index is 608. The van der Waals surface area contributed by atoms with Crippen LogP contribution in [0.3, 0.4) is 0 Å². The monoisotopic (exact) mass is 302 g/mol. The topological polar surface area (TPSA) is 66.6 Å². The van der Waals surface area contributed by atoms with Crippen molar-refractivity contribution in [2.45, 2.75) is 26.7 Å². The predicted octanol–water partition coefficient (Wildman–Crippen LogP) is 2.42. The number of hydrogen-bond acceptors (Lipinski definition) is 4. The zero-order valence-corrected chi connectivity index (χ0v) is 13.1. The van der Waals surface area contributed by atoms with Gasteiger partial charge in [-0.05, 0) is 13.8 Å². The Balaban J connectivity index is 2.01. The second-order valence-electron chi connectivity index (χ2n) is 5.09. The minimum atomic E-state index is -0.0180. The van der Waals surface area contributed by atoms with Crippen LogP contribution in [0.1, 0.15) is 24.9 Å². The molecule has 2 aromatic rings. The number of amides is 1. The SMILES string of the molecule is CCN(CCO)C(=O)CCc1nc(C)c(-c2ccccc2)o1. The first-order valence-corrected chi connectivity index (χ1v) is 7.56. The van der Waals surface area contributed by atoms with Crippen LogP contribution < -0.4 is 0 Å². The lowest BCUT2D eigenvalue weighted by Crippen LogP contribution is -2.33. The molecule has 1 N–H and O–H groups in total. The first-order chi connectivity index (χ1) is 10.7. The molecule has 2 rings (SSSR count). The average molecular weight is 302 g/mol. The summed E-state index contributed by atoms with van der Waals surface area (Å²) in [5.41, 5.74) is 1.82. The highest BCUT2D eigenvalue weighted by Crippen LogP contribution is 2.24. The molecule has 0 unspecified atom stereocenters. The zero-order chi connectivity index (χ0) is 15.9. The molecule has 0 fully saturated rings. The van der Waals surface area contributed by atoms with Crippen LogP contribution >= 0.6 is 0 Å². The van der Waals surface area contributed by atoms with Gasteiger partial charge in [0.15, 0.2) is 11.7 Å². The maximum Gasteiger partial charge on any atom is 0.223 e. The van der Waals surface area contributed by atoms with Gasteiger partial charge in [-0.15, -0.1) is 0 Å². The Labute approximate surface area is 130 Å². The third-order valence-corrected chi connectivity index (χ3v) is 3.53. The highest BCUT2D eigenvalue weighted by Gasteiger charge is 2.15. The molecule has 5 nitrogen and oxygen atoms in total. The Morgan fingerprint density at radius 3 is 2.68 bits per heavy atom. The normalized spacial score (nSPS) is 10.7. The molecule has 0 saturated heterocycles. The second-order valence-corrected chi connectivity index (χ2v) is 5.09. The molecule has 0 aliphatic rings. The Kier molecular flexibility index (Phi) is 5.72. The van der Waals surface area contributed by atoms with E-state index >= 15 is 0 Å².